The molecule has 0 radical (unpaired) electrons. The Hall–Kier alpha value is -2.70. The number of hydrogen-bond donors (Lipinski definition) is 2. The number of hydrogen-bond acceptors (Lipinski definition) is 6. The van der Waals surface area contributed by atoms with Crippen LogP contribution in [-0.2, 0) is 0 Å². The Kier molecular flexibility index (Phi) is 3.10. The lowest BCUT2D eigenvalue weighted by Crippen LogP contribution is -2.27. The molecule has 7 heteroatoms. The van der Waals surface area contributed by atoms with E-state index in [9.17, 15) is 0 Å². The normalized spacial score (nSPS) is 18.0. The van der Waals surface area contributed by atoms with E-state index in [1.54, 1.807) is 12.5 Å². The molecule has 2 N–H and O–H groups in total. The fourth-order valence-corrected chi connectivity index (χ4v) is 2.88. The zero-order valence-electron chi connectivity index (χ0n) is 12.3. The molecule has 0 bridgehead atoms. The predicted octanol–water partition coefficient (Wildman–Crippen LogP) is 1.75. The van der Waals surface area contributed by atoms with Crippen molar-refractivity contribution >= 4 is 22.8 Å². The topological polar surface area (TPSA) is 82.6 Å². The Bertz CT molecular complexity index is 797. The van der Waals surface area contributed by atoms with Gasteiger partial charge >= 0.3 is 0 Å². The fourth-order valence-electron chi connectivity index (χ4n) is 2.88. The van der Waals surface area contributed by atoms with Crippen LogP contribution < -0.4 is 10.2 Å². The second kappa shape index (κ2) is 5.25. The molecule has 1 atom stereocenters. The number of rotatable bonds is 3. The van der Waals surface area contributed by atoms with Crippen molar-refractivity contribution in [3.8, 4) is 0 Å². The molecule has 7 nitrogen and oxygen atoms in total. The van der Waals surface area contributed by atoms with Crippen molar-refractivity contribution < 1.29 is 0 Å². The third-order valence-corrected chi connectivity index (χ3v) is 3.95. The Morgan fingerprint density at radius 1 is 1.27 bits per heavy atom. The first-order valence-electron chi connectivity index (χ1n) is 7.39. The molecule has 0 aliphatic carbocycles. The van der Waals surface area contributed by atoms with Crippen molar-refractivity contribution in [1.29, 1.82) is 0 Å². The van der Waals surface area contributed by atoms with Gasteiger partial charge in [-0.3, -0.25) is 0 Å². The molecular formula is C15H17N7. The molecule has 1 aliphatic heterocycles. The van der Waals surface area contributed by atoms with Gasteiger partial charge in [0.1, 0.15) is 17.8 Å². The third kappa shape index (κ3) is 2.34. The molecule has 1 aliphatic rings. The predicted molar refractivity (Wildman–Crippen MR) is 84.9 cm³/mol. The standard InChI is InChI=1S/C15H17N7/c1-10-2-5-17-15(20-10)21-11-4-7-22(8-11)14-12-3-6-16-13(12)18-9-19-14/h2-3,5-6,9,11H,4,7-8H2,1H3,(H,16,18,19)(H,17,20,21). The molecule has 0 amide bonds. The summed E-state index contributed by atoms with van der Waals surface area (Å²) >= 11 is 0. The van der Waals surface area contributed by atoms with Crippen LogP contribution in [0.4, 0.5) is 11.8 Å². The van der Waals surface area contributed by atoms with E-state index in [0.29, 0.717) is 12.0 Å². The van der Waals surface area contributed by atoms with Crippen molar-refractivity contribution in [1.82, 2.24) is 24.9 Å². The lowest BCUT2D eigenvalue weighted by molar-refractivity contribution is 0.790. The minimum atomic E-state index is 0.325. The van der Waals surface area contributed by atoms with E-state index in [-0.39, 0.29) is 0 Å². The molecule has 0 spiro atoms. The number of fused-ring (bicyclic) bond motifs is 1. The van der Waals surface area contributed by atoms with Gasteiger partial charge in [0.15, 0.2) is 0 Å². The lowest BCUT2D eigenvalue weighted by atomic mass is 10.3. The van der Waals surface area contributed by atoms with Gasteiger partial charge < -0.3 is 15.2 Å². The Balaban J connectivity index is 1.51. The molecule has 0 saturated carbocycles. The second-order valence-corrected chi connectivity index (χ2v) is 5.53. The van der Waals surface area contributed by atoms with Crippen LogP contribution in [0.3, 0.4) is 0 Å². The van der Waals surface area contributed by atoms with Crippen LogP contribution in [0.1, 0.15) is 12.1 Å². The molecule has 1 fully saturated rings. The fraction of sp³-hybridized carbons (Fsp3) is 0.333. The first kappa shape index (κ1) is 13.0. The average Bonchev–Trinajstić information content (AvgIpc) is 3.15. The molecule has 22 heavy (non-hydrogen) atoms. The van der Waals surface area contributed by atoms with Gasteiger partial charge in [0.25, 0.3) is 0 Å². The lowest BCUT2D eigenvalue weighted by Gasteiger charge is -2.18. The summed E-state index contributed by atoms with van der Waals surface area (Å²) in [5.74, 6) is 1.68. The Morgan fingerprint density at radius 2 is 2.23 bits per heavy atom. The van der Waals surface area contributed by atoms with Gasteiger partial charge in [-0.05, 0) is 25.5 Å². The van der Waals surface area contributed by atoms with E-state index in [0.717, 1.165) is 42.1 Å². The quantitative estimate of drug-likeness (QED) is 0.766. The molecule has 1 saturated heterocycles. The molecule has 112 valence electrons. The maximum atomic E-state index is 4.45. The van der Waals surface area contributed by atoms with Crippen LogP contribution >= 0.6 is 0 Å². The van der Waals surface area contributed by atoms with Crippen LogP contribution in [-0.4, -0.2) is 44.1 Å². The van der Waals surface area contributed by atoms with E-state index >= 15 is 0 Å². The minimum absolute atomic E-state index is 0.325. The van der Waals surface area contributed by atoms with Crippen LogP contribution in [0, 0.1) is 6.92 Å². The van der Waals surface area contributed by atoms with Gasteiger partial charge in [0, 0.05) is 37.2 Å². The molecule has 4 rings (SSSR count). The summed E-state index contributed by atoms with van der Waals surface area (Å²) in [6.07, 6.45) is 6.33. The van der Waals surface area contributed by atoms with Crippen molar-refractivity contribution in [2.24, 2.45) is 0 Å². The summed E-state index contributed by atoms with van der Waals surface area (Å²) in [6, 6.07) is 4.25. The number of aromatic nitrogens is 5. The first-order chi connectivity index (χ1) is 10.8. The van der Waals surface area contributed by atoms with Crippen LogP contribution in [0.2, 0.25) is 0 Å². The second-order valence-electron chi connectivity index (χ2n) is 5.53. The van der Waals surface area contributed by atoms with Crippen molar-refractivity contribution in [3.05, 3.63) is 36.5 Å². The highest BCUT2D eigenvalue weighted by Gasteiger charge is 2.25. The van der Waals surface area contributed by atoms with E-state index < -0.39 is 0 Å². The Morgan fingerprint density at radius 3 is 3.14 bits per heavy atom. The third-order valence-electron chi connectivity index (χ3n) is 3.95. The summed E-state index contributed by atoms with van der Waals surface area (Å²) in [7, 11) is 0. The van der Waals surface area contributed by atoms with E-state index in [1.807, 2.05) is 25.3 Å². The van der Waals surface area contributed by atoms with Gasteiger partial charge in [-0.1, -0.05) is 0 Å². The van der Waals surface area contributed by atoms with Gasteiger partial charge in [-0.2, -0.15) is 0 Å². The molecule has 3 aromatic heterocycles. The maximum Gasteiger partial charge on any atom is 0.223 e. The van der Waals surface area contributed by atoms with E-state index in [1.165, 1.54) is 0 Å². The molecule has 3 aromatic rings. The number of nitrogens with one attached hydrogen (secondary N) is 2. The van der Waals surface area contributed by atoms with Crippen molar-refractivity contribution in [2.45, 2.75) is 19.4 Å². The molecule has 0 aromatic carbocycles. The number of anilines is 2. The van der Waals surface area contributed by atoms with Gasteiger partial charge in [0.05, 0.1) is 5.39 Å². The average molecular weight is 295 g/mol. The number of aryl methyl sites for hydroxylation is 1. The van der Waals surface area contributed by atoms with Gasteiger partial charge in [-0.25, -0.2) is 19.9 Å². The summed E-state index contributed by atoms with van der Waals surface area (Å²) in [4.78, 5) is 22.8. The van der Waals surface area contributed by atoms with E-state index in [2.05, 4.69) is 35.1 Å². The van der Waals surface area contributed by atoms with Crippen molar-refractivity contribution in [3.63, 3.8) is 0 Å². The zero-order valence-corrected chi connectivity index (χ0v) is 12.3. The smallest absolute Gasteiger partial charge is 0.223 e. The largest absolute Gasteiger partial charge is 0.354 e. The zero-order chi connectivity index (χ0) is 14.9. The van der Waals surface area contributed by atoms with Crippen LogP contribution in [0.25, 0.3) is 11.0 Å². The highest BCUT2D eigenvalue weighted by atomic mass is 15.3. The van der Waals surface area contributed by atoms with Gasteiger partial charge in [0.2, 0.25) is 5.95 Å². The van der Waals surface area contributed by atoms with Gasteiger partial charge in [-0.15, -0.1) is 0 Å². The summed E-state index contributed by atoms with van der Waals surface area (Å²) in [5.41, 5.74) is 1.85. The van der Waals surface area contributed by atoms with Crippen LogP contribution in [0.5, 0.6) is 0 Å². The summed E-state index contributed by atoms with van der Waals surface area (Å²) in [5, 5.41) is 4.47. The van der Waals surface area contributed by atoms with Crippen LogP contribution in [0.15, 0.2) is 30.9 Å². The molecule has 1 unspecified atom stereocenters. The molecular weight excluding hydrogens is 278 g/mol. The Labute approximate surface area is 127 Å². The SMILES string of the molecule is Cc1ccnc(NC2CCN(c3ncnc4[nH]ccc34)C2)n1. The maximum absolute atomic E-state index is 4.45. The number of nitrogens with zero attached hydrogens (tertiary/aromatic N) is 5. The minimum Gasteiger partial charge on any atom is -0.354 e. The number of aromatic amines is 1. The number of H-pyrrole nitrogens is 1. The highest BCUT2D eigenvalue weighted by molar-refractivity contribution is 5.87. The van der Waals surface area contributed by atoms with Crippen molar-refractivity contribution in [2.75, 3.05) is 23.3 Å². The summed E-state index contributed by atoms with van der Waals surface area (Å²) < 4.78 is 0. The molecule has 4 heterocycles. The highest BCUT2D eigenvalue weighted by Crippen LogP contribution is 2.26. The monoisotopic (exact) mass is 295 g/mol. The van der Waals surface area contributed by atoms with E-state index in [4.69, 9.17) is 0 Å². The summed E-state index contributed by atoms with van der Waals surface area (Å²) in [6.45, 7) is 3.81. The first-order valence-corrected chi connectivity index (χ1v) is 7.39.